The molecule has 0 bridgehead atoms. The summed E-state index contributed by atoms with van der Waals surface area (Å²) in [6.45, 7) is 0. The van der Waals surface area contributed by atoms with Crippen molar-refractivity contribution in [1.29, 1.82) is 0 Å². The SMILES string of the molecule is O=S(=O)(Nc1ccc(-c2ncnc3[nH]c(C4=CCCC4)cc23)c(F)c1)c1ccc(F)cc1. The molecule has 0 unspecified atom stereocenters. The number of benzene rings is 2. The van der Waals surface area contributed by atoms with Crippen molar-refractivity contribution in [3.05, 3.63) is 78.3 Å². The molecule has 1 aliphatic rings. The summed E-state index contributed by atoms with van der Waals surface area (Å²) in [7, 11) is -3.99. The van der Waals surface area contributed by atoms with Gasteiger partial charge in [-0.2, -0.15) is 0 Å². The Morgan fingerprint density at radius 2 is 1.81 bits per heavy atom. The molecule has 2 N–H and O–H groups in total. The minimum absolute atomic E-state index is 0.0479. The van der Waals surface area contributed by atoms with Gasteiger partial charge in [0.05, 0.1) is 16.3 Å². The van der Waals surface area contributed by atoms with Gasteiger partial charge in [0.25, 0.3) is 10.0 Å². The van der Waals surface area contributed by atoms with Crippen LogP contribution >= 0.6 is 0 Å². The lowest BCUT2D eigenvalue weighted by Gasteiger charge is -2.10. The maximum atomic E-state index is 15.0. The van der Waals surface area contributed by atoms with Gasteiger partial charge in [0.15, 0.2) is 0 Å². The molecule has 0 amide bonds. The minimum Gasteiger partial charge on any atom is -0.339 e. The second-order valence-electron chi connectivity index (χ2n) is 7.54. The zero-order chi connectivity index (χ0) is 22.3. The molecule has 0 radical (unpaired) electrons. The van der Waals surface area contributed by atoms with E-state index in [4.69, 9.17) is 0 Å². The van der Waals surface area contributed by atoms with Crippen LogP contribution in [0.2, 0.25) is 0 Å². The third-order valence-corrected chi connectivity index (χ3v) is 6.81. The molecule has 162 valence electrons. The number of fused-ring (bicyclic) bond motifs is 1. The highest BCUT2D eigenvalue weighted by Gasteiger charge is 2.18. The van der Waals surface area contributed by atoms with Gasteiger partial charge in [-0.15, -0.1) is 0 Å². The highest BCUT2D eigenvalue weighted by atomic mass is 32.2. The molecule has 0 saturated carbocycles. The van der Waals surface area contributed by atoms with Crippen molar-refractivity contribution in [2.45, 2.75) is 24.2 Å². The van der Waals surface area contributed by atoms with Crippen LogP contribution in [0.5, 0.6) is 0 Å². The summed E-state index contributed by atoms with van der Waals surface area (Å²) < 4.78 is 55.4. The maximum absolute atomic E-state index is 15.0. The molecule has 6 nitrogen and oxygen atoms in total. The van der Waals surface area contributed by atoms with Gasteiger partial charge >= 0.3 is 0 Å². The Kier molecular flexibility index (Phi) is 4.97. The number of nitrogens with zero attached hydrogens (tertiary/aromatic N) is 2. The van der Waals surface area contributed by atoms with Crippen molar-refractivity contribution in [2.75, 3.05) is 4.72 Å². The van der Waals surface area contributed by atoms with E-state index in [1.165, 1.54) is 24.0 Å². The van der Waals surface area contributed by atoms with Crippen LogP contribution in [-0.4, -0.2) is 23.4 Å². The Bertz CT molecular complexity index is 1460. The van der Waals surface area contributed by atoms with E-state index >= 15 is 4.39 Å². The topological polar surface area (TPSA) is 87.7 Å². The van der Waals surface area contributed by atoms with Gasteiger partial charge in [0.2, 0.25) is 0 Å². The summed E-state index contributed by atoms with van der Waals surface area (Å²) >= 11 is 0. The van der Waals surface area contributed by atoms with Crippen LogP contribution in [0.25, 0.3) is 27.9 Å². The average Bonchev–Trinajstić information content (AvgIpc) is 3.43. The molecule has 0 saturated heterocycles. The Hall–Kier alpha value is -3.59. The highest BCUT2D eigenvalue weighted by Crippen LogP contribution is 2.34. The fourth-order valence-corrected chi connectivity index (χ4v) is 4.89. The molecule has 1 aliphatic carbocycles. The number of hydrogen-bond donors (Lipinski definition) is 2. The number of halogens is 2. The predicted molar refractivity (Wildman–Crippen MR) is 118 cm³/mol. The number of allylic oxidation sites excluding steroid dienone is 2. The molecule has 2 heterocycles. The Labute approximate surface area is 183 Å². The summed E-state index contributed by atoms with van der Waals surface area (Å²) in [5.41, 5.74) is 3.46. The van der Waals surface area contributed by atoms with Gasteiger partial charge in [-0.05, 0) is 73.4 Å². The van der Waals surface area contributed by atoms with Crippen LogP contribution in [0.15, 0.2) is 65.8 Å². The van der Waals surface area contributed by atoms with Crippen LogP contribution in [0, 0.1) is 11.6 Å². The number of hydrogen-bond acceptors (Lipinski definition) is 4. The molecular weight excluding hydrogens is 434 g/mol. The van der Waals surface area contributed by atoms with E-state index in [-0.39, 0.29) is 16.1 Å². The molecule has 0 fully saturated rings. The van der Waals surface area contributed by atoms with E-state index < -0.39 is 21.7 Å². The number of sulfonamides is 1. The zero-order valence-corrected chi connectivity index (χ0v) is 17.6. The van der Waals surface area contributed by atoms with Crippen molar-refractivity contribution in [1.82, 2.24) is 15.0 Å². The average molecular weight is 452 g/mol. The molecule has 2 aromatic carbocycles. The van der Waals surface area contributed by atoms with E-state index in [9.17, 15) is 12.8 Å². The maximum Gasteiger partial charge on any atom is 0.261 e. The number of aromatic nitrogens is 3. The van der Waals surface area contributed by atoms with E-state index in [1.54, 1.807) is 0 Å². The normalized spacial score (nSPS) is 14.0. The molecular formula is C23H18F2N4O2S. The van der Waals surface area contributed by atoms with Crippen molar-refractivity contribution < 1.29 is 17.2 Å². The summed E-state index contributed by atoms with van der Waals surface area (Å²) in [5.74, 6) is -1.18. The highest BCUT2D eigenvalue weighted by molar-refractivity contribution is 7.92. The van der Waals surface area contributed by atoms with Crippen LogP contribution in [0.3, 0.4) is 0 Å². The fraction of sp³-hybridized carbons (Fsp3) is 0.130. The van der Waals surface area contributed by atoms with E-state index in [0.29, 0.717) is 16.7 Å². The second kappa shape index (κ2) is 7.83. The van der Waals surface area contributed by atoms with Crippen molar-refractivity contribution in [2.24, 2.45) is 0 Å². The van der Waals surface area contributed by atoms with Gasteiger partial charge in [0, 0.05) is 16.6 Å². The van der Waals surface area contributed by atoms with Crippen LogP contribution in [-0.2, 0) is 10.0 Å². The standard InChI is InChI=1S/C23H18F2N4O2S/c24-15-5-8-17(9-6-15)32(30,31)29-16-7-10-18(20(25)11-16)22-19-12-21(14-3-1-2-4-14)28-23(19)27-13-26-22/h3,5-13,29H,1-2,4H2,(H,26,27,28). The van der Waals surface area contributed by atoms with Crippen molar-refractivity contribution >= 4 is 32.3 Å². The minimum atomic E-state index is -3.99. The lowest BCUT2D eigenvalue weighted by atomic mass is 10.1. The Morgan fingerprint density at radius 1 is 1.00 bits per heavy atom. The molecule has 32 heavy (non-hydrogen) atoms. The predicted octanol–water partition coefficient (Wildman–Crippen LogP) is 5.27. The number of anilines is 1. The summed E-state index contributed by atoms with van der Waals surface area (Å²) in [5, 5.41) is 0.689. The monoisotopic (exact) mass is 452 g/mol. The van der Waals surface area contributed by atoms with Gasteiger partial charge in [-0.25, -0.2) is 27.2 Å². The molecule has 0 spiro atoms. The van der Waals surface area contributed by atoms with Gasteiger partial charge in [0.1, 0.15) is 23.6 Å². The summed E-state index contributed by atoms with van der Waals surface area (Å²) in [6.07, 6.45) is 6.67. The van der Waals surface area contributed by atoms with Crippen molar-refractivity contribution in [3.8, 4) is 11.3 Å². The quantitative estimate of drug-likeness (QED) is 0.432. The first kappa shape index (κ1) is 20.3. The van der Waals surface area contributed by atoms with Crippen LogP contribution in [0.1, 0.15) is 25.0 Å². The first-order valence-electron chi connectivity index (χ1n) is 10.0. The van der Waals surface area contributed by atoms with Gasteiger partial charge in [-0.1, -0.05) is 6.08 Å². The smallest absolute Gasteiger partial charge is 0.261 e. The number of aromatic amines is 1. The van der Waals surface area contributed by atoms with Crippen LogP contribution < -0.4 is 4.72 Å². The fourth-order valence-electron chi connectivity index (χ4n) is 3.84. The van der Waals surface area contributed by atoms with Crippen LogP contribution in [0.4, 0.5) is 14.5 Å². The second-order valence-corrected chi connectivity index (χ2v) is 9.23. The number of H-pyrrole nitrogens is 1. The molecule has 2 aromatic heterocycles. The number of nitrogens with one attached hydrogen (secondary N) is 2. The molecule has 4 aromatic rings. The molecule has 0 aliphatic heterocycles. The first-order valence-corrected chi connectivity index (χ1v) is 11.5. The lowest BCUT2D eigenvalue weighted by molar-refractivity contribution is 0.599. The Morgan fingerprint density at radius 3 is 2.53 bits per heavy atom. The number of rotatable bonds is 5. The van der Waals surface area contributed by atoms with E-state index in [2.05, 4.69) is 25.8 Å². The largest absolute Gasteiger partial charge is 0.339 e. The zero-order valence-electron chi connectivity index (χ0n) is 16.8. The molecule has 0 atom stereocenters. The Balaban J connectivity index is 1.48. The van der Waals surface area contributed by atoms with E-state index in [1.807, 2.05) is 6.07 Å². The first-order chi connectivity index (χ1) is 15.4. The third kappa shape index (κ3) is 3.75. The van der Waals surface area contributed by atoms with Gasteiger partial charge < -0.3 is 4.98 Å². The van der Waals surface area contributed by atoms with E-state index in [0.717, 1.165) is 55.3 Å². The molecule has 9 heteroatoms. The summed E-state index contributed by atoms with van der Waals surface area (Å²) in [4.78, 5) is 11.7. The van der Waals surface area contributed by atoms with Gasteiger partial charge in [-0.3, -0.25) is 4.72 Å². The lowest BCUT2D eigenvalue weighted by Crippen LogP contribution is -2.13. The molecule has 5 rings (SSSR count). The van der Waals surface area contributed by atoms with Crippen molar-refractivity contribution in [3.63, 3.8) is 0 Å². The summed E-state index contributed by atoms with van der Waals surface area (Å²) in [6, 6.07) is 10.3. The third-order valence-electron chi connectivity index (χ3n) is 5.41.